The van der Waals surface area contributed by atoms with E-state index in [1.54, 1.807) is 6.07 Å². The van der Waals surface area contributed by atoms with E-state index in [1.807, 2.05) is 30.3 Å². The molecule has 1 aromatic rings. The van der Waals surface area contributed by atoms with Crippen LogP contribution in [0.15, 0.2) is 30.3 Å². The maximum Gasteiger partial charge on any atom is 0.248 e. The number of halogens is 1. The molecule has 0 radical (unpaired) electrons. The number of nitriles is 1. The molecule has 0 fully saturated rings. The van der Waals surface area contributed by atoms with Gasteiger partial charge in [0.05, 0.1) is 6.07 Å². The number of amides is 1. The van der Waals surface area contributed by atoms with Gasteiger partial charge in [-0.25, -0.2) is 0 Å². The lowest BCUT2D eigenvalue weighted by atomic mass is 10.2. The molecule has 1 rings (SSSR count). The molecule has 1 atom stereocenters. The molecule has 1 unspecified atom stereocenters. The molecule has 0 spiro atoms. The lowest BCUT2D eigenvalue weighted by Gasteiger charge is -2.04. The summed E-state index contributed by atoms with van der Waals surface area (Å²) < 4.78 is 0. The van der Waals surface area contributed by atoms with Crippen molar-refractivity contribution >= 4 is 21.8 Å². The lowest BCUT2D eigenvalue weighted by molar-refractivity contribution is -0.119. The third-order valence-electron chi connectivity index (χ3n) is 1.65. The quantitative estimate of drug-likeness (QED) is 0.831. The molecule has 1 amide bonds. The number of hydrogen-bond donors (Lipinski definition) is 1. The average molecular weight is 253 g/mol. The van der Waals surface area contributed by atoms with Crippen molar-refractivity contribution in [3.05, 3.63) is 35.9 Å². The van der Waals surface area contributed by atoms with Gasteiger partial charge in [0.15, 0.2) is 4.83 Å². The second-order valence-electron chi connectivity index (χ2n) is 2.70. The number of benzene rings is 1. The Labute approximate surface area is 90.9 Å². The minimum Gasteiger partial charge on any atom is -0.350 e. The van der Waals surface area contributed by atoms with E-state index in [-0.39, 0.29) is 5.91 Å². The maximum atomic E-state index is 11.2. The van der Waals surface area contributed by atoms with E-state index in [0.29, 0.717) is 6.54 Å². The Bertz CT molecular complexity index is 345. The Morgan fingerprint density at radius 3 is 2.71 bits per heavy atom. The van der Waals surface area contributed by atoms with Crippen molar-refractivity contribution in [1.29, 1.82) is 5.26 Å². The Morgan fingerprint density at radius 2 is 2.14 bits per heavy atom. The number of hydrogen-bond acceptors (Lipinski definition) is 2. The van der Waals surface area contributed by atoms with E-state index >= 15 is 0 Å². The van der Waals surface area contributed by atoms with Crippen LogP contribution >= 0.6 is 15.9 Å². The molecule has 0 saturated heterocycles. The van der Waals surface area contributed by atoms with Crippen molar-refractivity contribution in [2.75, 3.05) is 0 Å². The number of rotatable bonds is 3. The van der Waals surface area contributed by atoms with Crippen molar-refractivity contribution in [2.24, 2.45) is 0 Å². The van der Waals surface area contributed by atoms with Crippen LogP contribution in [0.2, 0.25) is 0 Å². The van der Waals surface area contributed by atoms with Gasteiger partial charge in [0.2, 0.25) is 5.91 Å². The normalized spacial score (nSPS) is 11.4. The Hall–Kier alpha value is -1.34. The summed E-state index contributed by atoms with van der Waals surface area (Å²) in [7, 11) is 0. The first-order chi connectivity index (χ1) is 6.74. The Morgan fingerprint density at radius 1 is 1.50 bits per heavy atom. The van der Waals surface area contributed by atoms with E-state index in [1.165, 1.54) is 0 Å². The second kappa shape index (κ2) is 5.40. The third kappa shape index (κ3) is 3.19. The zero-order valence-corrected chi connectivity index (χ0v) is 8.99. The fourth-order valence-corrected chi connectivity index (χ4v) is 1.10. The lowest BCUT2D eigenvalue weighted by Crippen LogP contribution is -2.29. The highest BCUT2D eigenvalue weighted by Gasteiger charge is 2.11. The Kier molecular flexibility index (Phi) is 4.14. The van der Waals surface area contributed by atoms with Crippen LogP contribution in [0.3, 0.4) is 0 Å². The SMILES string of the molecule is N#CC(Br)C(=O)NCc1ccccc1. The predicted octanol–water partition coefficient (Wildman–Crippen LogP) is 1.59. The maximum absolute atomic E-state index is 11.2. The summed E-state index contributed by atoms with van der Waals surface area (Å²) in [4.78, 5) is 10.4. The molecule has 3 nitrogen and oxygen atoms in total. The molecule has 0 heterocycles. The molecule has 1 aromatic carbocycles. The van der Waals surface area contributed by atoms with Gasteiger partial charge in [-0.1, -0.05) is 46.3 Å². The molecule has 0 bridgehead atoms. The number of nitrogens with zero attached hydrogens (tertiary/aromatic N) is 1. The van der Waals surface area contributed by atoms with Crippen LogP contribution in [0, 0.1) is 11.3 Å². The summed E-state index contributed by atoms with van der Waals surface area (Å²) in [6.45, 7) is 0.448. The van der Waals surface area contributed by atoms with Crippen LogP contribution in [-0.2, 0) is 11.3 Å². The third-order valence-corrected chi connectivity index (χ3v) is 2.27. The van der Waals surface area contributed by atoms with E-state index in [4.69, 9.17) is 5.26 Å². The number of carbonyl (C=O) groups is 1. The van der Waals surface area contributed by atoms with E-state index in [2.05, 4.69) is 21.2 Å². The largest absolute Gasteiger partial charge is 0.350 e. The summed E-state index contributed by atoms with van der Waals surface area (Å²) in [5.74, 6) is -0.309. The van der Waals surface area contributed by atoms with Crippen molar-refractivity contribution in [3.8, 4) is 6.07 Å². The molecule has 72 valence electrons. The zero-order valence-electron chi connectivity index (χ0n) is 7.40. The second-order valence-corrected chi connectivity index (χ2v) is 3.61. The van der Waals surface area contributed by atoms with Gasteiger partial charge < -0.3 is 5.32 Å². The van der Waals surface area contributed by atoms with E-state index < -0.39 is 4.83 Å². The van der Waals surface area contributed by atoms with E-state index in [0.717, 1.165) is 5.56 Å². The monoisotopic (exact) mass is 252 g/mol. The molecular weight excluding hydrogens is 244 g/mol. The summed E-state index contributed by atoms with van der Waals surface area (Å²) in [6.07, 6.45) is 0. The smallest absolute Gasteiger partial charge is 0.248 e. The highest BCUT2D eigenvalue weighted by molar-refractivity contribution is 9.10. The number of nitrogens with one attached hydrogen (secondary N) is 1. The Balaban J connectivity index is 2.43. The fourth-order valence-electron chi connectivity index (χ4n) is 0.933. The summed E-state index contributed by atoms with van der Waals surface area (Å²) >= 11 is 2.94. The van der Waals surface area contributed by atoms with Crippen LogP contribution in [0.5, 0.6) is 0 Å². The summed E-state index contributed by atoms with van der Waals surface area (Å²) in [6, 6.07) is 11.3. The topological polar surface area (TPSA) is 52.9 Å². The van der Waals surface area contributed by atoms with Gasteiger partial charge in [-0.3, -0.25) is 4.79 Å². The molecule has 0 saturated carbocycles. The molecule has 0 aromatic heterocycles. The average Bonchev–Trinajstić information content (AvgIpc) is 2.26. The van der Waals surface area contributed by atoms with Crippen molar-refractivity contribution in [3.63, 3.8) is 0 Å². The first-order valence-corrected chi connectivity index (χ1v) is 5.01. The number of alkyl halides is 1. The minimum atomic E-state index is -0.772. The standard InChI is InChI=1S/C10H9BrN2O/c11-9(6-12)10(14)13-7-8-4-2-1-3-5-8/h1-5,9H,7H2,(H,13,14). The zero-order chi connectivity index (χ0) is 10.4. The molecule has 1 N–H and O–H groups in total. The highest BCUT2D eigenvalue weighted by atomic mass is 79.9. The summed E-state index contributed by atoms with van der Waals surface area (Å²) in [5, 5.41) is 11.1. The predicted molar refractivity (Wildman–Crippen MR) is 56.6 cm³/mol. The first-order valence-electron chi connectivity index (χ1n) is 4.09. The fraction of sp³-hybridized carbons (Fsp3) is 0.200. The van der Waals surface area contributed by atoms with Crippen LogP contribution in [0.4, 0.5) is 0 Å². The summed E-state index contributed by atoms with van der Waals surface area (Å²) in [5.41, 5.74) is 1.01. The molecule has 0 aliphatic heterocycles. The van der Waals surface area contributed by atoms with Gasteiger partial charge in [-0.05, 0) is 5.56 Å². The molecule has 0 aliphatic rings. The highest BCUT2D eigenvalue weighted by Crippen LogP contribution is 2.00. The van der Waals surface area contributed by atoms with Crippen LogP contribution < -0.4 is 5.32 Å². The number of carbonyl (C=O) groups excluding carboxylic acids is 1. The van der Waals surface area contributed by atoms with Gasteiger partial charge in [0, 0.05) is 6.54 Å². The van der Waals surface area contributed by atoms with Gasteiger partial charge >= 0.3 is 0 Å². The van der Waals surface area contributed by atoms with Gasteiger partial charge in [-0.15, -0.1) is 0 Å². The van der Waals surface area contributed by atoms with Crippen LogP contribution in [0.1, 0.15) is 5.56 Å². The van der Waals surface area contributed by atoms with Gasteiger partial charge in [-0.2, -0.15) is 5.26 Å². The minimum absolute atomic E-state index is 0.309. The first kappa shape index (κ1) is 10.7. The van der Waals surface area contributed by atoms with Crippen molar-refractivity contribution < 1.29 is 4.79 Å². The van der Waals surface area contributed by atoms with Crippen LogP contribution in [0.25, 0.3) is 0 Å². The van der Waals surface area contributed by atoms with E-state index in [9.17, 15) is 4.79 Å². The van der Waals surface area contributed by atoms with Crippen LogP contribution in [-0.4, -0.2) is 10.7 Å². The molecule has 0 aliphatic carbocycles. The van der Waals surface area contributed by atoms with Gasteiger partial charge in [0.25, 0.3) is 0 Å². The van der Waals surface area contributed by atoms with Crippen molar-refractivity contribution in [1.82, 2.24) is 5.32 Å². The van der Waals surface area contributed by atoms with Crippen molar-refractivity contribution in [2.45, 2.75) is 11.4 Å². The molecular formula is C10H9BrN2O. The molecule has 14 heavy (non-hydrogen) atoms. The molecule has 4 heteroatoms. The van der Waals surface area contributed by atoms with Gasteiger partial charge in [0.1, 0.15) is 0 Å².